The zero-order valence-electron chi connectivity index (χ0n) is 12.0. The zero-order valence-corrected chi connectivity index (χ0v) is 12.8. The third-order valence-electron chi connectivity index (χ3n) is 3.81. The van der Waals surface area contributed by atoms with Crippen LogP contribution in [0.1, 0.15) is 23.9 Å². The molecule has 0 saturated carbocycles. The molecule has 1 aromatic carbocycles. The van der Waals surface area contributed by atoms with E-state index in [2.05, 4.69) is 36.5 Å². The summed E-state index contributed by atoms with van der Waals surface area (Å²) in [7, 11) is 1.98. The Hall–Kier alpha value is -1.23. The zero-order chi connectivity index (χ0) is 14.0. The number of hydrogen-bond donors (Lipinski definition) is 1. The number of ether oxygens (including phenoxy) is 1. The van der Waals surface area contributed by atoms with Gasteiger partial charge in [-0.25, -0.2) is 4.98 Å². The van der Waals surface area contributed by atoms with Gasteiger partial charge in [0.2, 0.25) is 0 Å². The molecule has 3 rings (SSSR count). The van der Waals surface area contributed by atoms with Crippen LogP contribution in [0.5, 0.6) is 0 Å². The Labute approximate surface area is 124 Å². The first-order chi connectivity index (χ1) is 9.73. The molecule has 3 nitrogen and oxygen atoms in total. The number of nitrogens with zero attached hydrogens (tertiary/aromatic N) is 1. The molecule has 1 aliphatic heterocycles. The minimum absolute atomic E-state index is 0.193. The first-order valence-electron chi connectivity index (χ1n) is 7.07. The van der Waals surface area contributed by atoms with Crippen molar-refractivity contribution in [2.75, 3.05) is 20.2 Å². The van der Waals surface area contributed by atoms with E-state index in [9.17, 15) is 0 Å². The van der Waals surface area contributed by atoms with Gasteiger partial charge in [0, 0.05) is 12.0 Å². The average molecular weight is 288 g/mol. The molecule has 1 N–H and O–H groups in total. The molecule has 2 heterocycles. The summed E-state index contributed by atoms with van der Waals surface area (Å²) in [5, 5.41) is 4.32. The second-order valence-corrected chi connectivity index (χ2v) is 6.34. The van der Waals surface area contributed by atoms with Crippen LogP contribution in [0.4, 0.5) is 0 Å². The third-order valence-corrected chi connectivity index (χ3v) is 5.20. The SMILES string of the molecule is CNCCC1(C)OCCc2nc(-c3ccccc3)sc21. The van der Waals surface area contributed by atoms with Crippen LogP contribution in [-0.2, 0) is 16.8 Å². The fourth-order valence-corrected chi connectivity index (χ4v) is 3.87. The number of nitrogens with one attached hydrogen (secondary N) is 1. The van der Waals surface area contributed by atoms with E-state index < -0.39 is 0 Å². The quantitative estimate of drug-likeness (QED) is 0.938. The molecule has 1 atom stereocenters. The van der Waals surface area contributed by atoms with Gasteiger partial charge in [-0.3, -0.25) is 0 Å². The van der Waals surface area contributed by atoms with Crippen LogP contribution in [0.2, 0.25) is 0 Å². The van der Waals surface area contributed by atoms with Gasteiger partial charge in [-0.15, -0.1) is 11.3 Å². The Morgan fingerprint density at radius 3 is 2.90 bits per heavy atom. The van der Waals surface area contributed by atoms with Gasteiger partial charge in [-0.2, -0.15) is 0 Å². The molecule has 4 heteroatoms. The van der Waals surface area contributed by atoms with E-state index in [0.29, 0.717) is 0 Å². The molecule has 1 unspecified atom stereocenters. The number of benzene rings is 1. The van der Waals surface area contributed by atoms with E-state index in [1.165, 1.54) is 16.1 Å². The summed E-state index contributed by atoms with van der Waals surface area (Å²) >= 11 is 1.78. The van der Waals surface area contributed by atoms with Crippen LogP contribution in [0, 0.1) is 0 Å². The fourth-order valence-electron chi connectivity index (χ4n) is 2.63. The van der Waals surface area contributed by atoms with E-state index in [0.717, 1.165) is 31.0 Å². The second-order valence-electron chi connectivity index (χ2n) is 5.34. The standard InChI is InChI=1S/C16H20N2OS/c1-16(9-10-17-2)14-13(8-11-19-16)18-15(20-14)12-6-4-3-5-7-12/h3-7,17H,8-11H2,1-2H3. The Morgan fingerprint density at radius 2 is 2.15 bits per heavy atom. The molecule has 0 radical (unpaired) electrons. The molecule has 0 bridgehead atoms. The minimum Gasteiger partial charge on any atom is -0.369 e. The third kappa shape index (κ3) is 2.51. The number of aromatic nitrogens is 1. The monoisotopic (exact) mass is 288 g/mol. The molecule has 1 aromatic heterocycles. The average Bonchev–Trinajstić information content (AvgIpc) is 2.92. The Morgan fingerprint density at radius 1 is 1.35 bits per heavy atom. The van der Waals surface area contributed by atoms with E-state index in [1.54, 1.807) is 11.3 Å². The van der Waals surface area contributed by atoms with Crippen molar-refractivity contribution >= 4 is 11.3 Å². The van der Waals surface area contributed by atoms with Crippen LogP contribution >= 0.6 is 11.3 Å². The molecule has 0 spiro atoms. The van der Waals surface area contributed by atoms with Crippen molar-refractivity contribution in [1.82, 2.24) is 10.3 Å². The maximum absolute atomic E-state index is 6.07. The predicted molar refractivity (Wildman–Crippen MR) is 83.1 cm³/mol. The van der Waals surface area contributed by atoms with Gasteiger partial charge in [0.1, 0.15) is 10.6 Å². The maximum atomic E-state index is 6.07. The molecule has 2 aromatic rings. The highest BCUT2D eigenvalue weighted by Gasteiger charge is 2.36. The summed E-state index contributed by atoms with van der Waals surface area (Å²) in [6.45, 7) is 3.91. The number of rotatable bonds is 4. The highest BCUT2D eigenvalue weighted by Crippen LogP contribution is 2.41. The summed E-state index contributed by atoms with van der Waals surface area (Å²) in [5.74, 6) is 0. The van der Waals surface area contributed by atoms with E-state index in [4.69, 9.17) is 9.72 Å². The lowest BCUT2D eigenvalue weighted by molar-refractivity contribution is -0.0490. The van der Waals surface area contributed by atoms with Crippen LogP contribution in [-0.4, -0.2) is 25.2 Å². The maximum Gasteiger partial charge on any atom is 0.123 e. The molecule has 106 valence electrons. The topological polar surface area (TPSA) is 34.1 Å². The predicted octanol–water partition coefficient (Wildman–Crippen LogP) is 3.21. The van der Waals surface area contributed by atoms with Crippen molar-refractivity contribution < 1.29 is 4.74 Å². The highest BCUT2D eigenvalue weighted by atomic mass is 32.1. The first kappa shape index (κ1) is 13.7. The van der Waals surface area contributed by atoms with E-state index in [-0.39, 0.29) is 5.60 Å². The van der Waals surface area contributed by atoms with Crippen LogP contribution in [0.15, 0.2) is 30.3 Å². The molecule has 1 aliphatic rings. The van der Waals surface area contributed by atoms with Gasteiger partial charge in [-0.05, 0) is 26.9 Å². The highest BCUT2D eigenvalue weighted by molar-refractivity contribution is 7.15. The Balaban J connectivity index is 1.96. The van der Waals surface area contributed by atoms with Gasteiger partial charge in [0.05, 0.1) is 17.2 Å². The molecule has 20 heavy (non-hydrogen) atoms. The van der Waals surface area contributed by atoms with E-state index in [1.807, 2.05) is 13.1 Å². The van der Waals surface area contributed by atoms with Crippen molar-refractivity contribution in [3.8, 4) is 10.6 Å². The summed E-state index contributed by atoms with van der Waals surface area (Å²) in [6.07, 6.45) is 1.90. The van der Waals surface area contributed by atoms with Crippen LogP contribution in [0.25, 0.3) is 10.6 Å². The first-order valence-corrected chi connectivity index (χ1v) is 7.89. The smallest absolute Gasteiger partial charge is 0.123 e. The largest absolute Gasteiger partial charge is 0.369 e. The summed E-state index contributed by atoms with van der Waals surface area (Å²) < 4.78 is 6.07. The van der Waals surface area contributed by atoms with Gasteiger partial charge in [-0.1, -0.05) is 30.3 Å². The van der Waals surface area contributed by atoms with Gasteiger partial charge in [0.25, 0.3) is 0 Å². The summed E-state index contributed by atoms with van der Waals surface area (Å²) in [5.41, 5.74) is 2.22. The minimum atomic E-state index is -0.193. The Kier molecular flexibility index (Phi) is 3.87. The molecule has 0 aliphatic carbocycles. The number of thiazole rings is 1. The van der Waals surface area contributed by atoms with E-state index >= 15 is 0 Å². The van der Waals surface area contributed by atoms with Crippen LogP contribution in [0.3, 0.4) is 0 Å². The molecule has 0 amide bonds. The summed E-state index contributed by atoms with van der Waals surface area (Å²) in [6, 6.07) is 10.4. The normalized spacial score (nSPS) is 21.7. The molecule has 0 fully saturated rings. The lowest BCUT2D eigenvalue weighted by Crippen LogP contribution is -2.34. The molecular formula is C16H20N2OS. The van der Waals surface area contributed by atoms with Gasteiger partial charge in [0.15, 0.2) is 0 Å². The Bertz CT molecular complexity index is 581. The summed E-state index contributed by atoms with van der Waals surface area (Å²) in [4.78, 5) is 6.15. The van der Waals surface area contributed by atoms with Crippen molar-refractivity contribution in [3.63, 3.8) is 0 Å². The van der Waals surface area contributed by atoms with Gasteiger partial charge >= 0.3 is 0 Å². The second kappa shape index (κ2) is 5.64. The van der Waals surface area contributed by atoms with Crippen molar-refractivity contribution in [2.45, 2.75) is 25.4 Å². The van der Waals surface area contributed by atoms with Crippen molar-refractivity contribution in [1.29, 1.82) is 0 Å². The lowest BCUT2D eigenvalue weighted by atomic mass is 9.95. The lowest BCUT2D eigenvalue weighted by Gasteiger charge is -2.33. The fraction of sp³-hybridized carbons (Fsp3) is 0.438. The van der Waals surface area contributed by atoms with Gasteiger partial charge < -0.3 is 10.1 Å². The van der Waals surface area contributed by atoms with Crippen molar-refractivity contribution in [2.24, 2.45) is 0 Å². The number of fused-ring (bicyclic) bond motifs is 1. The van der Waals surface area contributed by atoms with Crippen molar-refractivity contribution in [3.05, 3.63) is 40.9 Å². The molecule has 0 saturated heterocycles. The van der Waals surface area contributed by atoms with Crippen LogP contribution < -0.4 is 5.32 Å². The molecular weight excluding hydrogens is 268 g/mol. The number of hydrogen-bond acceptors (Lipinski definition) is 4.